The van der Waals surface area contributed by atoms with Gasteiger partial charge < -0.3 is 10.2 Å². The number of rotatable bonds is 2. The fourth-order valence-electron chi connectivity index (χ4n) is 1.52. The zero-order valence-electron chi connectivity index (χ0n) is 9.75. The van der Waals surface area contributed by atoms with Crippen LogP contribution in [0.15, 0.2) is 15.2 Å². The first kappa shape index (κ1) is 11.8. The SMILES string of the molecule is Cc1oc(-c2csc(N)n2)nc1-c1nc(C#N)cs1. The van der Waals surface area contributed by atoms with Gasteiger partial charge in [0.1, 0.15) is 28.2 Å². The van der Waals surface area contributed by atoms with Gasteiger partial charge in [-0.2, -0.15) is 5.26 Å². The smallest absolute Gasteiger partial charge is 0.246 e. The molecule has 0 saturated heterocycles. The first-order valence-electron chi connectivity index (χ1n) is 5.22. The van der Waals surface area contributed by atoms with Gasteiger partial charge in [0.05, 0.1) is 0 Å². The maximum atomic E-state index is 8.78. The second kappa shape index (κ2) is 4.46. The van der Waals surface area contributed by atoms with Crippen molar-refractivity contribution >= 4 is 27.8 Å². The molecule has 0 aliphatic carbocycles. The summed E-state index contributed by atoms with van der Waals surface area (Å²) in [6, 6.07) is 1.99. The molecular weight excluding hydrogens is 282 g/mol. The van der Waals surface area contributed by atoms with Crippen LogP contribution in [-0.2, 0) is 0 Å². The summed E-state index contributed by atoms with van der Waals surface area (Å²) in [5, 5.41) is 13.4. The maximum absolute atomic E-state index is 8.78. The molecule has 19 heavy (non-hydrogen) atoms. The Hall–Kier alpha value is -2.24. The van der Waals surface area contributed by atoms with E-state index < -0.39 is 0 Å². The third kappa shape index (κ3) is 2.09. The van der Waals surface area contributed by atoms with E-state index in [9.17, 15) is 0 Å². The van der Waals surface area contributed by atoms with Gasteiger partial charge in [-0.25, -0.2) is 15.0 Å². The lowest BCUT2D eigenvalue weighted by atomic mass is 10.4. The average molecular weight is 289 g/mol. The van der Waals surface area contributed by atoms with E-state index in [1.807, 2.05) is 6.07 Å². The normalized spacial score (nSPS) is 10.5. The lowest BCUT2D eigenvalue weighted by molar-refractivity contribution is 0.541. The van der Waals surface area contributed by atoms with Crippen molar-refractivity contribution in [2.75, 3.05) is 5.73 Å². The Labute approximate surface area is 116 Å². The summed E-state index contributed by atoms with van der Waals surface area (Å²) in [5.41, 5.74) is 7.20. The molecule has 3 aromatic rings. The van der Waals surface area contributed by atoms with Crippen LogP contribution in [0.3, 0.4) is 0 Å². The van der Waals surface area contributed by atoms with E-state index in [2.05, 4.69) is 15.0 Å². The number of hydrogen-bond donors (Lipinski definition) is 1. The summed E-state index contributed by atoms with van der Waals surface area (Å²) in [7, 11) is 0. The molecule has 3 heterocycles. The Kier molecular flexibility index (Phi) is 2.77. The molecule has 6 nitrogen and oxygen atoms in total. The molecule has 0 amide bonds. The van der Waals surface area contributed by atoms with Gasteiger partial charge in [-0.3, -0.25) is 0 Å². The molecule has 0 radical (unpaired) electrons. The van der Waals surface area contributed by atoms with Crippen LogP contribution in [0.4, 0.5) is 5.13 Å². The largest absolute Gasteiger partial charge is 0.439 e. The minimum atomic E-state index is 0.377. The highest BCUT2D eigenvalue weighted by Gasteiger charge is 2.17. The molecule has 0 aromatic carbocycles. The van der Waals surface area contributed by atoms with E-state index in [1.165, 1.54) is 22.7 Å². The summed E-state index contributed by atoms with van der Waals surface area (Å²) in [4.78, 5) is 12.7. The third-order valence-corrected chi connectivity index (χ3v) is 3.88. The monoisotopic (exact) mass is 289 g/mol. The summed E-state index contributed by atoms with van der Waals surface area (Å²) < 4.78 is 5.57. The fraction of sp³-hybridized carbons (Fsp3) is 0.0909. The predicted molar refractivity (Wildman–Crippen MR) is 72.6 cm³/mol. The molecule has 0 saturated carbocycles. The number of aromatic nitrogens is 3. The van der Waals surface area contributed by atoms with Crippen molar-refractivity contribution in [1.82, 2.24) is 15.0 Å². The van der Waals surface area contributed by atoms with E-state index in [0.717, 1.165) is 0 Å². The molecule has 0 fully saturated rings. The van der Waals surface area contributed by atoms with Gasteiger partial charge >= 0.3 is 0 Å². The zero-order chi connectivity index (χ0) is 13.4. The van der Waals surface area contributed by atoms with E-state index in [0.29, 0.717) is 38.9 Å². The minimum Gasteiger partial charge on any atom is -0.439 e. The summed E-state index contributed by atoms with van der Waals surface area (Å²) >= 11 is 2.69. The van der Waals surface area contributed by atoms with Gasteiger partial charge in [0, 0.05) is 10.8 Å². The fourth-order valence-corrected chi connectivity index (χ4v) is 2.84. The van der Waals surface area contributed by atoms with Crippen molar-refractivity contribution in [3.8, 4) is 28.4 Å². The Morgan fingerprint density at radius 1 is 1.26 bits per heavy atom. The van der Waals surface area contributed by atoms with Crippen LogP contribution in [0.5, 0.6) is 0 Å². The number of nitrogens with zero attached hydrogens (tertiary/aromatic N) is 4. The average Bonchev–Trinajstić information content (AvgIpc) is 3.07. The van der Waals surface area contributed by atoms with Crippen LogP contribution >= 0.6 is 22.7 Å². The Morgan fingerprint density at radius 2 is 2.11 bits per heavy atom. The molecule has 0 spiro atoms. The Balaban J connectivity index is 2.04. The molecule has 94 valence electrons. The van der Waals surface area contributed by atoms with Crippen LogP contribution in [0.2, 0.25) is 0 Å². The van der Waals surface area contributed by atoms with Crippen LogP contribution in [0.25, 0.3) is 22.3 Å². The van der Waals surface area contributed by atoms with Crippen LogP contribution in [0, 0.1) is 18.3 Å². The van der Waals surface area contributed by atoms with Crippen LogP contribution in [0.1, 0.15) is 11.5 Å². The van der Waals surface area contributed by atoms with Crippen molar-refractivity contribution < 1.29 is 4.42 Å². The molecule has 3 rings (SSSR count). The Bertz CT molecular complexity index is 779. The van der Waals surface area contributed by atoms with Crippen molar-refractivity contribution in [3.05, 3.63) is 22.2 Å². The lowest BCUT2D eigenvalue weighted by Crippen LogP contribution is -1.83. The molecule has 3 aromatic heterocycles. The molecule has 0 aliphatic rings. The van der Waals surface area contributed by atoms with Gasteiger partial charge in [-0.15, -0.1) is 22.7 Å². The van der Waals surface area contributed by atoms with Crippen LogP contribution < -0.4 is 5.73 Å². The third-order valence-electron chi connectivity index (χ3n) is 2.36. The number of anilines is 1. The standard InChI is InChI=1S/C11H7N5OS2/c1-5-8(10-14-6(2-12)3-18-10)16-9(17-5)7-4-19-11(13)15-7/h3-4H,1H3,(H2,13,15). The summed E-state index contributed by atoms with van der Waals surface area (Å²) in [6.07, 6.45) is 0. The molecular formula is C11H7N5OS2. The second-order valence-electron chi connectivity index (χ2n) is 3.64. The minimum absolute atomic E-state index is 0.377. The van der Waals surface area contributed by atoms with Gasteiger partial charge in [0.15, 0.2) is 10.8 Å². The Morgan fingerprint density at radius 3 is 2.74 bits per heavy atom. The van der Waals surface area contributed by atoms with Crippen LogP contribution in [-0.4, -0.2) is 15.0 Å². The number of hydrogen-bond acceptors (Lipinski definition) is 8. The number of oxazole rings is 1. The number of nitrogens with two attached hydrogens (primary N) is 1. The van der Waals surface area contributed by atoms with Crippen molar-refractivity contribution in [2.24, 2.45) is 0 Å². The van der Waals surface area contributed by atoms with E-state index >= 15 is 0 Å². The molecule has 8 heteroatoms. The highest BCUT2D eigenvalue weighted by Crippen LogP contribution is 2.31. The molecule has 0 bridgehead atoms. The van der Waals surface area contributed by atoms with E-state index in [1.54, 1.807) is 17.7 Å². The van der Waals surface area contributed by atoms with E-state index in [4.69, 9.17) is 15.4 Å². The summed E-state index contributed by atoms with van der Waals surface area (Å²) in [5.74, 6) is 1.05. The highest BCUT2D eigenvalue weighted by molar-refractivity contribution is 7.13. The number of nitrogen functional groups attached to an aromatic ring is 1. The highest BCUT2D eigenvalue weighted by atomic mass is 32.1. The first-order chi connectivity index (χ1) is 9.17. The van der Waals surface area contributed by atoms with Gasteiger partial charge in [0.2, 0.25) is 5.89 Å². The number of aryl methyl sites for hydroxylation is 1. The predicted octanol–water partition coefficient (Wildman–Crippen LogP) is 2.68. The zero-order valence-corrected chi connectivity index (χ0v) is 11.4. The van der Waals surface area contributed by atoms with Gasteiger partial charge in [-0.05, 0) is 6.92 Å². The van der Waals surface area contributed by atoms with Crippen molar-refractivity contribution in [1.29, 1.82) is 5.26 Å². The first-order valence-corrected chi connectivity index (χ1v) is 6.98. The van der Waals surface area contributed by atoms with Gasteiger partial charge in [-0.1, -0.05) is 0 Å². The van der Waals surface area contributed by atoms with Crippen molar-refractivity contribution in [2.45, 2.75) is 6.92 Å². The lowest BCUT2D eigenvalue weighted by Gasteiger charge is -1.87. The molecule has 0 aliphatic heterocycles. The van der Waals surface area contributed by atoms with Crippen molar-refractivity contribution in [3.63, 3.8) is 0 Å². The summed E-state index contributed by atoms with van der Waals surface area (Å²) in [6.45, 7) is 1.80. The van der Waals surface area contributed by atoms with Gasteiger partial charge in [0.25, 0.3) is 0 Å². The quantitative estimate of drug-likeness (QED) is 0.778. The number of nitriles is 1. The second-order valence-corrected chi connectivity index (χ2v) is 5.39. The maximum Gasteiger partial charge on any atom is 0.246 e. The number of thiazole rings is 2. The van der Waals surface area contributed by atoms with E-state index in [-0.39, 0.29) is 0 Å². The molecule has 2 N–H and O–H groups in total. The molecule has 0 unspecified atom stereocenters. The molecule has 0 atom stereocenters. The topological polar surface area (TPSA) is 102 Å².